The van der Waals surface area contributed by atoms with Crippen LogP contribution in [0.15, 0.2) is 24.3 Å². The summed E-state index contributed by atoms with van der Waals surface area (Å²) in [5, 5.41) is 12.4. The third-order valence-corrected chi connectivity index (χ3v) is 3.49. The van der Waals surface area contributed by atoms with E-state index in [0.717, 1.165) is 5.56 Å². The van der Waals surface area contributed by atoms with Gasteiger partial charge < -0.3 is 5.32 Å². The highest BCUT2D eigenvalue weighted by atomic mass is 35.5. The lowest BCUT2D eigenvalue weighted by molar-refractivity contribution is -0.122. The van der Waals surface area contributed by atoms with Gasteiger partial charge in [0.2, 0.25) is 5.91 Å². The first-order chi connectivity index (χ1) is 9.25. The van der Waals surface area contributed by atoms with E-state index >= 15 is 0 Å². The van der Waals surface area contributed by atoms with E-state index in [1.54, 1.807) is 13.8 Å². The summed E-state index contributed by atoms with van der Waals surface area (Å²) < 4.78 is 0. The Morgan fingerprint density at radius 2 is 1.90 bits per heavy atom. The summed E-state index contributed by atoms with van der Waals surface area (Å²) >= 11 is 5.89. The van der Waals surface area contributed by atoms with Crippen molar-refractivity contribution in [2.75, 3.05) is 0 Å². The zero-order valence-electron chi connectivity index (χ0n) is 12.4. The average Bonchev–Trinajstić information content (AvgIpc) is 2.36. The number of amides is 1. The maximum absolute atomic E-state index is 12.1. The van der Waals surface area contributed by atoms with Gasteiger partial charge in [0.05, 0.1) is 6.07 Å². The van der Waals surface area contributed by atoms with E-state index in [1.165, 1.54) is 0 Å². The Bertz CT molecular complexity index is 500. The average molecular weight is 293 g/mol. The molecule has 0 fully saturated rings. The predicted octanol–water partition coefficient (Wildman–Crippen LogP) is 3.89. The minimum atomic E-state index is -0.835. The molecule has 0 bridgehead atoms. The van der Waals surface area contributed by atoms with E-state index in [9.17, 15) is 4.79 Å². The summed E-state index contributed by atoms with van der Waals surface area (Å²) in [6.45, 7) is 7.55. The van der Waals surface area contributed by atoms with Crippen molar-refractivity contribution >= 4 is 17.5 Å². The SMILES string of the molecule is CC(C)C(CC(=O)NC(C)(C)C#N)c1ccc(Cl)cc1. The van der Waals surface area contributed by atoms with Crippen molar-refractivity contribution in [2.24, 2.45) is 5.92 Å². The molecule has 1 unspecified atom stereocenters. The first kappa shape index (κ1) is 16.5. The molecule has 0 aliphatic carbocycles. The lowest BCUT2D eigenvalue weighted by Gasteiger charge is -2.24. The highest BCUT2D eigenvalue weighted by Crippen LogP contribution is 2.29. The van der Waals surface area contributed by atoms with Gasteiger partial charge in [0.25, 0.3) is 0 Å². The summed E-state index contributed by atoms with van der Waals surface area (Å²) in [4.78, 5) is 12.1. The van der Waals surface area contributed by atoms with Crippen LogP contribution in [0.5, 0.6) is 0 Å². The molecule has 0 aliphatic heterocycles. The monoisotopic (exact) mass is 292 g/mol. The van der Waals surface area contributed by atoms with Gasteiger partial charge in [-0.2, -0.15) is 5.26 Å². The van der Waals surface area contributed by atoms with E-state index in [-0.39, 0.29) is 11.8 Å². The van der Waals surface area contributed by atoms with Crippen LogP contribution in [-0.4, -0.2) is 11.4 Å². The normalized spacial score (nSPS) is 12.8. The maximum atomic E-state index is 12.1. The Hall–Kier alpha value is -1.53. The van der Waals surface area contributed by atoms with Crippen LogP contribution < -0.4 is 5.32 Å². The van der Waals surface area contributed by atoms with E-state index in [4.69, 9.17) is 16.9 Å². The van der Waals surface area contributed by atoms with Crippen LogP contribution in [0.25, 0.3) is 0 Å². The Labute approximate surface area is 125 Å². The molecule has 3 nitrogen and oxygen atoms in total. The van der Waals surface area contributed by atoms with Gasteiger partial charge >= 0.3 is 0 Å². The molecular formula is C16H21ClN2O. The molecule has 1 amide bonds. The fourth-order valence-electron chi connectivity index (χ4n) is 2.08. The highest BCUT2D eigenvalue weighted by molar-refractivity contribution is 6.30. The molecule has 0 saturated heterocycles. The third-order valence-electron chi connectivity index (χ3n) is 3.24. The first-order valence-corrected chi connectivity index (χ1v) is 7.10. The Morgan fingerprint density at radius 3 is 2.35 bits per heavy atom. The molecule has 0 radical (unpaired) electrons. The van der Waals surface area contributed by atoms with Crippen LogP contribution in [0.2, 0.25) is 5.02 Å². The fourth-order valence-corrected chi connectivity index (χ4v) is 2.20. The zero-order chi connectivity index (χ0) is 15.3. The van der Waals surface area contributed by atoms with Crippen LogP contribution in [0.4, 0.5) is 0 Å². The number of halogens is 1. The molecule has 1 aromatic carbocycles. The second-order valence-corrected chi connectivity index (χ2v) is 6.33. The summed E-state index contributed by atoms with van der Waals surface area (Å²) in [7, 11) is 0. The standard InChI is InChI=1S/C16H21ClN2O/c1-11(2)14(12-5-7-13(17)8-6-12)9-15(20)19-16(3,4)10-18/h5-8,11,14H,9H2,1-4H3,(H,19,20). The van der Waals surface area contributed by atoms with Crippen molar-refractivity contribution in [2.45, 2.75) is 45.6 Å². The molecule has 1 aromatic rings. The van der Waals surface area contributed by atoms with Crippen LogP contribution in [-0.2, 0) is 4.79 Å². The maximum Gasteiger partial charge on any atom is 0.221 e. The number of benzene rings is 1. The number of carbonyl (C=O) groups is 1. The second-order valence-electron chi connectivity index (χ2n) is 5.89. The molecule has 0 spiro atoms. The number of nitriles is 1. The quantitative estimate of drug-likeness (QED) is 0.895. The molecule has 0 aromatic heterocycles. The molecular weight excluding hydrogens is 272 g/mol. The number of nitrogens with zero attached hydrogens (tertiary/aromatic N) is 1. The summed E-state index contributed by atoms with van der Waals surface area (Å²) in [6.07, 6.45) is 0.365. The van der Waals surface area contributed by atoms with Gasteiger partial charge in [-0.25, -0.2) is 0 Å². The summed E-state index contributed by atoms with van der Waals surface area (Å²) in [6, 6.07) is 9.65. The smallest absolute Gasteiger partial charge is 0.221 e. The van der Waals surface area contributed by atoms with Gasteiger partial charge in [-0.15, -0.1) is 0 Å². The molecule has 1 N–H and O–H groups in total. The summed E-state index contributed by atoms with van der Waals surface area (Å²) in [5.41, 5.74) is 0.257. The largest absolute Gasteiger partial charge is 0.338 e. The second kappa shape index (κ2) is 6.76. The van der Waals surface area contributed by atoms with E-state index in [1.807, 2.05) is 24.3 Å². The van der Waals surface area contributed by atoms with Crippen LogP contribution >= 0.6 is 11.6 Å². The molecule has 1 atom stereocenters. The molecule has 20 heavy (non-hydrogen) atoms. The molecule has 1 rings (SSSR count). The summed E-state index contributed by atoms with van der Waals surface area (Å²) in [5.74, 6) is 0.332. The topological polar surface area (TPSA) is 52.9 Å². The molecule has 0 aliphatic rings. The van der Waals surface area contributed by atoms with E-state index in [2.05, 4.69) is 25.2 Å². The van der Waals surface area contributed by atoms with Crippen molar-refractivity contribution in [1.29, 1.82) is 5.26 Å². The van der Waals surface area contributed by atoms with Crippen molar-refractivity contribution in [3.63, 3.8) is 0 Å². The molecule has 108 valence electrons. The van der Waals surface area contributed by atoms with Gasteiger partial charge in [0.15, 0.2) is 0 Å². The zero-order valence-corrected chi connectivity index (χ0v) is 13.2. The third kappa shape index (κ3) is 4.86. The number of hydrogen-bond acceptors (Lipinski definition) is 2. The minimum Gasteiger partial charge on any atom is -0.338 e. The number of rotatable bonds is 5. The van der Waals surface area contributed by atoms with Crippen molar-refractivity contribution < 1.29 is 4.79 Å². The lowest BCUT2D eigenvalue weighted by atomic mass is 9.85. The van der Waals surface area contributed by atoms with Crippen LogP contribution in [0, 0.1) is 17.2 Å². The Balaban J connectivity index is 2.81. The van der Waals surface area contributed by atoms with E-state index < -0.39 is 5.54 Å². The number of hydrogen-bond donors (Lipinski definition) is 1. The predicted molar refractivity (Wildman–Crippen MR) is 81.5 cm³/mol. The minimum absolute atomic E-state index is 0.106. The number of carbonyl (C=O) groups excluding carboxylic acids is 1. The Kier molecular flexibility index (Phi) is 5.59. The van der Waals surface area contributed by atoms with Gasteiger partial charge in [0.1, 0.15) is 5.54 Å². The van der Waals surface area contributed by atoms with Crippen molar-refractivity contribution in [1.82, 2.24) is 5.32 Å². The molecule has 0 saturated carbocycles. The Morgan fingerprint density at radius 1 is 1.35 bits per heavy atom. The first-order valence-electron chi connectivity index (χ1n) is 6.73. The van der Waals surface area contributed by atoms with Gasteiger partial charge in [-0.1, -0.05) is 37.6 Å². The van der Waals surface area contributed by atoms with Gasteiger partial charge in [0, 0.05) is 11.4 Å². The van der Waals surface area contributed by atoms with E-state index in [0.29, 0.717) is 17.4 Å². The molecule has 4 heteroatoms. The van der Waals surface area contributed by atoms with Crippen molar-refractivity contribution in [3.8, 4) is 6.07 Å². The van der Waals surface area contributed by atoms with Gasteiger partial charge in [-0.3, -0.25) is 4.79 Å². The number of nitrogens with one attached hydrogen (secondary N) is 1. The van der Waals surface area contributed by atoms with Gasteiger partial charge in [-0.05, 0) is 43.4 Å². The lowest BCUT2D eigenvalue weighted by Crippen LogP contribution is -2.42. The van der Waals surface area contributed by atoms with Crippen LogP contribution in [0.1, 0.15) is 45.6 Å². The highest BCUT2D eigenvalue weighted by Gasteiger charge is 2.24. The van der Waals surface area contributed by atoms with Crippen LogP contribution in [0.3, 0.4) is 0 Å². The fraction of sp³-hybridized carbons (Fsp3) is 0.500. The van der Waals surface area contributed by atoms with Crippen molar-refractivity contribution in [3.05, 3.63) is 34.9 Å². The molecule has 0 heterocycles.